The van der Waals surface area contributed by atoms with Crippen LogP contribution < -0.4 is 20.1 Å². The van der Waals surface area contributed by atoms with E-state index in [1.807, 2.05) is 0 Å². The number of nitrogens with zero attached hydrogens (tertiary/aromatic N) is 1. The first-order valence-electron chi connectivity index (χ1n) is 7.81. The number of hydrogen-bond donors (Lipinski definition) is 2. The van der Waals surface area contributed by atoms with Crippen LogP contribution in [0, 0.1) is 0 Å². The van der Waals surface area contributed by atoms with Crippen molar-refractivity contribution < 1.29 is 32.2 Å². The molecule has 0 fully saturated rings. The minimum absolute atomic E-state index is 0.141. The van der Waals surface area contributed by atoms with Gasteiger partial charge in [-0.2, -0.15) is 0 Å². The number of benzene rings is 2. The van der Waals surface area contributed by atoms with Gasteiger partial charge in [0.1, 0.15) is 11.5 Å². The molecule has 2 aromatic carbocycles. The Morgan fingerprint density at radius 1 is 1.25 bits per heavy atom. The Bertz CT molecular complexity index is 1100. The predicted octanol–water partition coefficient (Wildman–Crippen LogP) is 3.78. The molecule has 0 radical (unpaired) electrons. The van der Waals surface area contributed by atoms with Gasteiger partial charge in [-0.3, -0.25) is 14.9 Å². The molecular formula is C17H10F3N3O4S. The quantitative estimate of drug-likeness (QED) is 0.687. The Labute approximate surface area is 159 Å². The number of carbonyl (C=O) groups is 2. The number of ether oxygens (including phenoxy) is 2. The van der Waals surface area contributed by atoms with E-state index in [0.29, 0.717) is 21.7 Å². The van der Waals surface area contributed by atoms with Gasteiger partial charge in [0.25, 0.3) is 11.8 Å². The summed E-state index contributed by atoms with van der Waals surface area (Å²) < 4.78 is 46.5. The SMILES string of the molecule is O=C1COc2cc(C(=O)Nc3nc4ccc(OC(F)(F)F)cc4s3)ccc2N1. The minimum atomic E-state index is -4.79. The van der Waals surface area contributed by atoms with Gasteiger partial charge in [0, 0.05) is 11.6 Å². The number of nitrogens with one attached hydrogen (secondary N) is 2. The largest absolute Gasteiger partial charge is 0.573 e. The molecule has 0 atom stereocenters. The molecule has 11 heteroatoms. The van der Waals surface area contributed by atoms with Crippen LogP contribution >= 0.6 is 11.3 Å². The molecular weight excluding hydrogens is 399 g/mol. The Morgan fingerprint density at radius 3 is 2.86 bits per heavy atom. The summed E-state index contributed by atoms with van der Waals surface area (Å²) in [5.74, 6) is -0.761. The fraction of sp³-hybridized carbons (Fsp3) is 0.118. The molecule has 2 amide bonds. The van der Waals surface area contributed by atoms with Crippen LogP contribution in [0.5, 0.6) is 11.5 Å². The van der Waals surface area contributed by atoms with Crippen molar-refractivity contribution in [1.82, 2.24) is 4.98 Å². The van der Waals surface area contributed by atoms with Crippen LogP contribution in [0.25, 0.3) is 10.2 Å². The molecule has 0 bridgehead atoms. The second-order valence-corrected chi connectivity index (χ2v) is 6.73. The van der Waals surface area contributed by atoms with E-state index < -0.39 is 12.3 Å². The maximum absolute atomic E-state index is 12.4. The average molecular weight is 409 g/mol. The third-order valence-corrected chi connectivity index (χ3v) is 4.62. The molecule has 1 aliphatic heterocycles. The lowest BCUT2D eigenvalue weighted by Crippen LogP contribution is -2.25. The zero-order chi connectivity index (χ0) is 19.9. The van der Waals surface area contributed by atoms with Crippen molar-refractivity contribution in [3.63, 3.8) is 0 Å². The number of aromatic nitrogens is 1. The number of alkyl halides is 3. The highest BCUT2D eigenvalue weighted by Gasteiger charge is 2.31. The summed E-state index contributed by atoms with van der Waals surface area (Å²) in [4.78, 5) is 27.9. The van der Waals surface area contributed by atoms with E-state index >= 15 is 0 Å². The first kappa shape index (κ1) is 18.0. The van der Waals surface area contributed by atoms with Crippen molar-refractivity contribution >= 4 is 44.2 Å². The van der Waals surface area contributed by atoms with Gasteiger partial charge in [0.05, 0.1) is 15.9 Å². The van der Waals surface area contributed by atoms with Gasteiger partial charge in [-0.25, -0.2) is 4.98 Å². The molecule has 28 heavy (non-hydrogen) atoms. The lowest BCUT2D eigenvalue weighted by Gasteiger charge is -2.18. The van der Waals surface area contributed by atoms with Gasteiger partial charge in [-0.1, -0.05) is 11.3 Å². The normalized spacial score (nSPS) is 13.5. The number of rotatable bonds is 3. The number of fused-ring (bicyclic) bond motifs is 2. The van der Waals surface area contributed by atoms with Crippen molar-refractivity contribution in [2.24, 2.45) is 0 Å². The van der Waals surface area contributed by atoms with Gasteiger partial charge >= 0.3 is 6.36 Å². The van der Waals surface area contributed by atoms with Crippen LogP contribution in [0.1, 0.15) is 10.4 Å². The number of amides is 2. The zero-order valence-corrected chi connectivity index (χ0v) is 14.6. The lowest BCUT2D eigenvalue weighted by molar-refractivity contribution is -0.274. The van der Waals surface area contributed by atoms with Gasteiger partial charge in [-0.05, 0) is 30.3 Å². The first-order chi connectivity index (χ1) is 13.3. The van der Waals surface area contributed by atoms with Crippen molar-refractivity contribution in [2.75, 3.05) is 17.2 Å². The summed E-state index contributed by atoms with van der Waals surface area (Å²) in [5.41, 5.74) is 1.16. The maximum Gasteiger partial charge on any atom is 0.573 e. The van der Waals surface area contributed by atoms with Crippen molar-refractivity contribution in [2.45, 2.75) is 6.36 Å². The van der Waals surface area contributed by atoms with Crippen LogP contribution in [0.2, 0.25) is 0 Å². The van der Waals surface area contributed by atoms with E-state index in [9.17, 15) is 22.8 Å². The smallest absolute Gasteiger partial charge is 0.482 e. The monoisotopic (exact) mass is 409 g/mol. The summed E-state index contributed by atoms with van der Waals surface area (Å²) in [5, 5.41) is 5.43. The number of hydrogen-bond acceptors (Lipinski definition) is 6. The third-order valence-electron chi connectivity index (χ3n) is 3.69. The Balaban J connectivity index is 1.53. The Morgan fingerprint density at radius 2 is 2.07 bits per heavy atom. The summed E-state index contributed by atoms with van der Waals surface area (Å²) >= 11 is 1.01. The number of thiazole rings is 1. The maximum atomic E-state index is 12.4. The van der Waals surface area contributed by atoms with E-state index in [1.165, 1.54) is 24.3 Å². The number of anilines is 2. The molecule has 144 valence electrons. The Hall–Kier alpha value is -3.34. The third kappa shape index (κ3) is 3.83. The molecule has 0 unspecified atom stereocenters. The van der Waals surface area contributed by atoms with E-state index in [0.717, 1.165) is 17.4 Å². The second kappa shape index (κ2) is 6.68. The molecule has 0 saturated heterocycles. The molecule has 1 aliphatic rings. The average Bonchev–Trinajstić information content (AvgIpc) is 3.01. The van der Waals surface area contributed by atoms with Gasteiger partial charge in [-0.15, -0.1) is 13.2 Å². The van der Waals surface area contributed by atoms with Crippen LogP contribution in [0.15, 0.2) is 36.4 Å². The number of carbonyl (C=O) groups excluding carboxylic acids is 2. The Kier molecular flexibility index (Phi) is 4.30. The minimum Gasteiger partial charge on any atom is -0.482 e. The summed E-state index contributed by atoms with van der Waals surface area (Å²) in [6.07, 6.45) is -4.79. The van der Waals surface area contributed by atoms with Gasteiger partial charge in [0.15, 0.2) is 11.7 Å². The van der Waals surface area contributed by atoms with E-state index in [4.69, 9.17) is 4.74 Å². The van der Waals surface area contributed by atoms with Crippen LogP contribution in [-0.2, 0) is 4.79 Å². The molecule has 0 saturated carbocycles. The lowest BCUT2D eigenvalue weighted by atomic mass is 10.1. The molecule has 2 heterocycles. The highest BCUT2D eigenvalue weighted by atomic mass is 32.1. The standard InChI is InChI=1S/C17H10F3N3O4S/c18-17(19,20)27-9-2-4-11-13(6-9)28-16(22-11)23-15(25)8-1-3-10-12(5-8)26-7-14(24)21-10/h1-6H,7H2,(H,21,24)(H,22,23,25). The van der Waals surface area contributed by atoms with Crippen molar-refractivity contribution in [1.29, 1.82) is 0 Å². The fourth-order valence-corrected chi connectivity index (χ4v) is 3.43. The molecule has 3 aromatic rings. The van der Waals surface area contributed by atoms with E-state index in [-0.39, 0.29) is 29.0 Å². The van der Waals surface area contributed by atoms with Crippen molar-refractivity contribution in [3.8, 4) is 11.5 Å². The van der Waals surface area contributed by atoms with E-state index in [1.54, 1.807) is 6.07 Å². The molecule has 0 aliphatic carbocycles. The van der Waals surface area contributed by atoms with Crippen molar-refractivity contribution in [3.05, 3.63) is 42.0 Å². The second-order valence-electron chi connectivity index (χ2n) is 5.70. The number of halogens is 3. The van der Waals surface area contributed by atoms with E-state index in [2.05, 4.69) is 20.4 Å². The molecule has 7 nitrogen and oxygen atoms in total. The molecule has 2 N–H and O–H groups in total. The highest BCUT2D eigenvalue weighted by Crippen LogP contribution is 2.32. The molecule has 0 spiro atoms. The summed E-state index contributed by atoms with van der Waals surface area (Å²) in [6.45, 7) is -0.141. The van der Waals surface area contributed by atoms with Gasteiger partial charge in [0.2, 0.25) is 0 Å². The van der Waals surface area contributed by atoms with Crippen LogP contribution in [0.3, 0.4) is 0 Å². The fourth-order valence-electron chi connectivity index (χ4n) is 2.54. The van der Waals surface area contributed by atoms with Crippen LogP contribution in [0.4, 0.5) is 24.0 Å². The predicted molar refractivity (Wildman–Crippen MR) is 94.8 cm³/mol. The summed E-state index contributed by atoms with van der Waals surface area (Å²) in [7, 11) is 0. The van der Waals surface area contributed by atoms with Gasteiger partial charge < -0.3 is 14.8 Å². The van der Waals surface area contributed by atoms with Crippen LogP contribution in [-0.4, -0.2) is 29.8 Å². The molecule has 4 rings (SSSR count). The summed E-state index contributed by atoms with van der Waals surface area (Å²) in [6, 6.07) is 8.25. The zero-order valence-electron chi connectivity index (χ0n) is 13.8. The first-order valence-corrected chi connectivity index (χ1v) is 8.63. The molecule has 1 aromatic heterocycles. The topological polar surface area (TPSA) is 89.6 Å². The highest BCUT2D eigenvalue weighted by molar-refractivity contribution is 7.22.